The number of nitrogens with zero attached hydrogens (tertiary/aromatic N) is 1. The molecule has 0 aliphatic carbocycles. The molecule has 0 bridgehead atoms. The van der Waals surface area contributed by atoms with E-state index in [-0.39, 0.29) is 0 Å². The third-order valence-corrected chi connectivity index (χ3v) is 3.86. The van der Waals surface area contributed by atoms with Crippen molar-refractivity contribution in [1.82, 2.24) is 0 Å². The van der Waals surface area contributed by atoms with Crippen molar-refractivity contribution in [3.63, 3.8) is 0 Å². The van der Waals surface area contributed by atoms with E-state index < -0.39 is 34.1 Å². The first-order valence-corrected chi connectivity index (χ1v) is 8.01. The highest BCUT2D eigenvalue weighted by Gasteiger charge is 2.35. The lowest BCUT2D eigenvalue weighted by atomic mass is 10.1. The van der Waals surface area contributed by atoms with Gasteiger partial charge in [0.25, 0.3) is 5.69 Å². The van der Waals surface area contributed by atoms with Crippen molar-refractivity contribution in [3.8, 4) is 0 Å². The minimum absolute atomic E-state index is 0.378. The van der Waals surface area contributed by atoms with Crippen LogP contribution >= 0.6 is 11.8 Å². The lowest BCUT2D eigenvalue weighted by Gasteiger charge is -2.14. The Kier molecular flexibility index (Phi) is 5.52. The van der Waals surface area contributed by atoms with Gasteiger partial charge in [0.05, 0.1) is 16.2 Å². The predicted molar refractivity (Wildman–Crippen MR) is 89.0 cm³/mol. The van der Waals surface area contributed by atoms with Crippen LogP contribution in [0.2, 0.25) is 0 Å². The highest BCUT2D eigenvalue weighted by atomic mass is 32.2. The number of carbonyl (C=O) groups excluding carboxylic acids is 1. The Labute approximate surface area is 144 Å². The second kappa shape index (κ2) is 7.43. The minimum atomic E-state index is -4.85. The standard InChI is InChI=1S/C15H12F3N3O3S/c1-25-11-5-2-9(3-6-11)19-14(22)20-13-7-4-10(21(23)24)8-12(13)15(16,17)18/h2-8H,1H3,(H2,19,20,22). The summed E-state index contributed by atoms with van der Waals surface area (Å²) in [5.74, 6) is 0. The van der Waals surface area contributed by atoms with Crippen molar-refractivity contribution in [2.24, 2.45) is 0 Å². The van der Waals surface area contributed by atoms with Gasteiger partial charge in [-0.15, -0.1) is 11.8 Å². The van der Waals surface area contributed by atoms with E-state index in [0.717, 1.165) is 17.0 Å². The van der Waals surface area contributed by atoms with Gasteiger partial charge < -0.3 is 10.6 Å². The Balaban J connectivity index is 2.20. The molecular weight excluding hydrogens is 359 g/mol. The second-order valence-electron chi connectivity index (χ2n) is 4.79. The van der Waals surface area contributed by atoms with Crippen LogP contribution in [0.4, 0.5) is 35.0 Å². The van der Waals surface area contributed by atoms with Crippen LogP contribution in [0.15, 0.2) is 47.4 Å². The van der Waals surface area contributed by atoms with Crippen molar-refractivity contribution < 1.29 is 22.9 Å². The van der Waals surface area contributed by atoms with Gasteiger partial charge in [-0.25, -0.2) is 4.79 Å². The van der Waals surface area contributed by atoms with E-state index in [9.17, 15) is 28.1 Å². The molecule has 0 aliphatic heterocycles. The van der Waals surface area contributed by atoms with Gasteiger partial charge in [-0.3, -0.25) is 10.1 Å². The molecule has 2 aromatic carbocycles. The molecule has 2 amide bonds. The number of amides is 2. The SMILES string of the molecule is CSc1ccc(NC(=O)Nc2ccc([N+](=O)[O-])cc2C(F)(F)F)cc1. The van der Waals surface area contributed by atoms with Crippen molar-refractivity contribution in [2.75, 3.05) is 16.9 Å². The number of thioether (sulfide) groups is 1. The molecule has 2 rings (SSSR count). The summed E-state index contributed by atoms with van der Waals surface area (Å²) in [4.78, 5) is 22.6. The number of benzene rings is 2. The molecule has 2 N–H and O–H groups in total. The number of nitro benzene ring substituents is 1. The number of nitrogens with one attached hydrogen (secondary N) is 2. The van der Waals surface area contributed by atoms with Crippen LogP contribution in [0.3, 0.4) is 0 Å². The summed E-state index contributed by atoms with van der Waals surface area (Å²) < 4.78 is 39.2. The fraction of sp³-hybridized carbons (Fsp3) is 0.133. The van der Waals surface area contributed by atoms with Crippen LogP contribution < -0.4 is 10.6 Å². The van der Waals surface area contributed by atoms with Crippen LogP contribution in [0.5, 0.6) is 0 Å². The summed E-state index contributed by atoms with van der Waals surface area (Å²) in [7, 11) is 0. The summed E-state index contributed by atoms with van der Waals surface area (Å²) in [5, 5.41) is 15.1. The van der Waals surface area contributed by atoms with Gasteiger partial charge in [-0.1, -0.05) is 0 Å². The molecule has 10 heteroatoms. The average molecular weight is 371 g/mol. The molecule has 0 atom stereocenters. The molecule has 0 saturated heterocycles. The van der Waals surface area contributed by atoms with Crippen molar-refractivity contribution >= 4 is 34.9 Å². The zero-order valence-corrected chi connectivity index (χ0v) is 13.6. The zero-order chi connectivity index (χ0) is 18.6. The van der Waals surface area contributed by atoms with E-state index in [4.69, 9.17) is 0 Å². The van der Waals surface area contributed by atoms with E-state index in [1.165, 1.54) is 11.8 Å². The smallest absolute Gasteiger partial charge is 0.308 e. The van der Waals surface area contributed by atoms with Crippen LogP contribution in [0.1, 0.15) is 5.56 Å². The lowest BCUT2D eigenvalue weighted by molar-refractivity contribution is -0.385. The van der Waals surface area contributed by atoms with Crippen LogP contribution in [0, 0.1) is 10.1 Å². The number of hydrogen-bond donors (Lipinski definition) is 2. The number of rotatable bonds is 4. The fourth-order valence-corrected chi connectivity index (χ4v) is 2.36. The molecule has 6 nitrogen and oxygen atoms in total. The summed E-state index contributed by atoms with van der Waals surface area (Å²) in [5.41, 5.74) is -2.19. The zero-order valence-electron chi connectivity index (χ0n) is 12.8. The Morgan fingerprint density at radius 1 is 1.12 bits per heavy atom. The number of nitro groups is 1. The maximum absolute atomic E-state index is 13.1. The minimum Gasteiger partial charge on any atom is -0.308 e. The van der Waals surface area contributed by atoms with Gasteiger partial charge in [0.2, 0.25) is 0 Å². The normalized spacial score (nSPS) is 11.0. The van der Waals surface area contributed by atoms with Gasteiger partial charge in [0, 0.05) is 22.7 Å². The molecule has 0 unspecified atom stereocenters. The molecule has 0 heterocycles. The number of hydrogen-bond acceptors (Lipinski definition) is 4. The highest BCUT2D eigenvalue weighted by Crippen LogP contribution is 2.37. The third-order valence-electron chi connectivity index (χ3n) is 3.12. The fourth-order valence-electron chi connectivity index (χ4n) is 1.95. The Hall–Kier alpha value is -2.75. The molecule has 0 fully saturated rings. The first-order chi connectivity index (χ1) is 11.7. The number of alkyl halides is 3. The van der Waals surface area contributed by atoms with Crippen molar-refractivity contribution in [3.05, 3.63) is 58.1 Å². The Bertz CT molecular complexity index is 795. The van der Waals surface area contributed by atoms with E-state index in [1.807, 2.05) is 6.26 Å². The number of carbonyl (C=O) groups is 1. The number of anilines is 2. The van der Waals surface area contributed by atoms with Gasteiger partial charge in [0.1, 0.15) is 0 Å². The van der Waals surface area contributed by atoms with Crippen LogP contribution in [-0.2, 0) is 6.18 Å². The van der Waals surface area contributed by atoms with Gasteiger partial charge in [-0.2, -0.15) is 13.2 Å². The van der Waals surface area contributed by atoms with Gasteiger partial charge in [-0.05, 0) is 36.6 Å². The van der Waals surface area contributed by atoms with Crippen LogP contribution in [0.25, 0.3) is 0 Å². The second-order valence-corrected chi connectivity index (χ2v) is 5.67. The molecule has 25 heavy (non-hydrogen) atoms. The third kappa shape index (κ3) is 4.86. The molecule has 0 radical (unpaired) electrons. The summed E-state index contributed by atoms with van der Waals surface area (Å²) in [6, 6.07) is 7.91. The molecule has 0 saturated carbocycles. The van der Waals surface area contributed by atoms with Gasteiger partial charge in [0.15, 0.2) is 0 Å². The number of urea groups is 1. The van der Waals surface area contributed by atoms with Crippen LogP contribution in [-0.4, -0.2) is 17.2 Å². The first-order valence-electron chi connectivity index (χ1n) is 6.78. The largest absolute Gasteiger partial charge is 0.418 e. The number of halogens is 3. The van der Waals surface area contributed by atoms with E-state index in [2.05, 4.69) is 10.6 Å². The molecule has 0 aliphatic rings. The number of non-ortho nitro benzene ring substituents is 1. The maximum Gasteiger partial charge on any atom is 0.418 e. The van der Waals surface area contributed by atoms with Crippen molar-refractivity contribution in [2.45, 2.75) is 11.1 Å². The van der Waals surface area contributed by atoms with Gasteiger partial charge >= 0.3 is 12.2 Å². The van der Waals surface area contributed by atoms with Crippen molar-refractivity contribution in [1.29, 1.82) is 0 Å². The summed E-state index contributed by atoms with van der Waals surface area (Å²) in [6.45, 7) is 0. The van der Waals surface area contributed by atoms with E-state index in [1.54, 1.807) is 24.3 Å². The molecule has 132 valence electrons. The monoisotopic (exact) mass is 371 g/mol. The summed E-state index contributed by atoms with van der Waals surface area (Å²) >= 11 is 1.50. The topological polar surface area (TPSA) is 84.3 Å². The Morgan fingerprint density at radius 2 is 1.76 bits per heavy atom. The first kappa shape index (κ1) is 18.6. The molecule has 2 aromatic rings. The lowest BCUT2D eigenvalue weighted by Crippen LogP contribution is -2.22. The maximum atomic E-state index is 13.1. The average Bonchev–Trinajstić information content (AvgIpc) is 2.54. The van der Waals surface area contributed by atoms with E-state index >= 15 is 0 Å². The Morgan fingerprint density at radius 3 is 2.28 bits per heavy atom. The quantitative estimate of drug-likeness (QED) is 0.451. The molecule has 0 spiro atoms. The van der Waals surface area contributed by atoms with E-state index in [0.29, 0.717) is 11.8 Å². The molecular formula is C15H12F3N3O3S. The predicted octanol–water partition coefficient (Wildman–Crippen LogP) is 4.98. The highest BCUT2D eigenvalue weighted by molar-refractivity contribution is 7.98. The summed E-state index contributed by atoms with van der Waals surface area (Å²) in [6.07, 6.45) is -2.98. The molecule has 0 aromatic heterocycles.